The molecule has 8 aromatic carbocycles. The number of fused-ring (bicyclic) bond motifs is 13. The lowest BCUT2D eigenvalue weighted by atomic mass is 9.92. The molecule has 0 unspecified atom stereocenters. The van der Waals surface area contributed by atoms with Gasteiger partial charge in [-0.3, -0.25) is 9.97 Å². The number of rotatable bonds is 3. The summed E-state index contributed by atoms with van der Waals surface area (Å²) in [5.74, 6) is 0. The predicted molar refractivity (Wildman–Crippen MR) is 228 cm³/mol. The molecule has 12 rings (SSSR count). The number of benzene rings is 8. The highest BCUT2D eigenvalue weighted by molar-refractivity contribution is 6.24. The number of hydrogen-bond donors (Lipinski definition) is 0. The first-order valence-corrected chi connectivity index (χ1v) is 18.6. The molecule has 55 heavy (non-hydrogen) atoms. The Bertz CT molecular complexity index is 3560. The van der Waals surface area contributed by atoms with Crippen LogP contribution in [-0.2, 0) is 0 Å². The molecule has 0 saturated heterocycles. The van der Waals surface area contributed by atoms with Gasteiger partial charge in [0.15, 0.2) is 0 Å². The van der Waals surface area contributed by atoms with Gasteiger partial charge in [-0.15, -0.1) is 0 Å². The summed E-state index contributed by atoms with van der Waals surface area (Å²) >= 11 is 0. The maximum Gasteiger partial charge on any atom is 0.144 e. The minimum absolute atomic E-state index is 0.896. The van der Waals surface area contributed by atoms with E-state index in [0.29, 0.717) is 0 Å². The van der Waals surface area contributed by atoms with Gasteiger partial charge < -0.3 is 4.42 Å². The van der Waals surface area contributed by atoms with Crippen molar-refractivity contribution in [2.75, 3.05) is 0 Å². The molecule has 0 spiro atoms. The second-order valence-electron chi connectivity index (χ2n) is 14.4. The Morgan fingerprint density at radius 2 is 1.05 bits per heavy atom. The summed E-state index contributed by atoms with van der Waals surface area (Å²) in [6.45, 7) is 0. The van der Waals surface area contributed by atoms with Gasteiger partial charge in [0.2, 0.25) is 0 Å². The maximum absolute atomic E-state index is 6.56. The molecule has 0 aliphatic rings. The van der Waals surface area contributed by atoms with Crippen molar-refractivity contribution in [1.29, 1.82) is 0 Å². The number of pyridine rings is 3. The topological polar surface area (TPSA) is 51.8 Å². The number of furan rings is 1. The van der Waals surface area contributed by atoms with Gasteiger partial charge in [-0.1, -0.05) is 109 Å². The standard InChI is InChI=1S/C51H29N3O/c1-3-14-45-42(12-1)47-43(23-22-41-39-11-2-4-15-46(39)55-51(41)47)48(54-45)35-9-5-8-30(27-35)31-18-20-37-32(26-31)16-17-33-28-34(19-21-38(33)37)44-29-36-10-6-24-52-49(36)50-40(44)13-7-25-53-50/h1-29H. The highest BCUT2D eigenvalue weighted by atomic mass is 16.3. The van der Waals surface area contributed by atoms with Crippen molar-refractivity contribution in [2.24, 2.45) is 0 Å². The summed E-state index contributed by atoms with van der Waals surface area (Å²) in [4.78, 5) is 14.6. The Morgan fingerprint density at radius 1 is 0.382 bits per heavy atom. The van der Waals surface area contributed by atoms with Crippen LogP contribution in [0.2, 0.25) is 0 Å². The van der Waals surface area contributed by atoms with Gasteiger partial charge in [0.1, 0.15) is 11.2 Å². The molecule has 0 fully saturated rings. The summed E-state index contributed by atoms with van der Waals surface area (Å²) in [7, 11) is 0. The quantitative estimate of drug-likeness (QED) is 0.172. The first-order valence-electron chi connectivity index (χ1n) is 18.6. The molecule has 0 aliphatic heterocycles. The van der Waals surface area contributed by atoms with Crippen molar-refractivity contribution in [2.45, 2.75) is 0 Å². The van der Waals surface area contributed by atoms with E-state index in [1.165, 1.54) is 32.7 Å². The normalized spacial score (nSPS) is 12.0. The Morgan fingerprint density at radius 3 is 1.95 bits per heavy atom. The van der Waals surface area contributed by atoms with Crippen molar-refractivity contribution in [3.8, 4) is 33.5 Å². The molecule has 0 aliphatic carbocycles. The third kappa shape index (κ3) is 4.55. The molecule has 4 aromatic heterocycles. The van der Waals surface area contributed by atoms with Crippen LogP contribution in [-0.4, -0.2) is 15.0 Å². The van der Waals surface area contributed by atoms with Gasteiger partial charge in [-0.2, -0.15) is 0 Å². The Labute approximate surface area is 315 Å². The summed E-state index contributed by atoms with van der Waals surface area (Å²) in [6.07, 6.45) is 3.68. The molecular weight excluding hydrogens is 671 g/mol. The van der Waals surface area contributed by atoms with Gasteiger partial charge in [0.05, 0.1) is 22.2 Å². The van der Waals surface area contributed by atoms with Crippen LogP contribution in [0.3, 0.4) is 0 Å². The van der Waals surface area contributed by atoms with Crippen LogP contribution < -0.4 is 0 Å². The monoisotopic (exact) mass is 699 g/mol. The van der Waals surface area contributed by atoms with E-state index in [1.54, 1.807) is 0 Å². The van der Waals surface area contributed by atoms with Crippen molar-refractivity contribution in [3.63, 3.8) is 0 Å². The lowest BCUT2D eigenvalue weighted by Gasteiger charge is -2.13. The minimum Gasteiger partial charge on any atom is -0.455 e. The van der Waals surface area contributed by atoms with Crippen molar-refractivity contribution >= 4 is 87.0 Å². The molecule has 0 bridgehead atoms. The van der Waals surface area contributed by atoms with E-state index in [4.69, 9.17) is 14.4 Å². The van der Waals surface area contributed by atoms with Gasteiger partial charge in [-0.05, 0) is 98.4 Å². The lowest BCUT2D eigenvalue weighted by Crippen LogP contribution is -1.91. The van der Waals surface area contributed by atoms with Crippen LogP contribution in [0, 0.1) is 0 Å². The zero-order valence-electron chi connectivity index (χ0n) is 29.5. The Balaban J connectivity index is 0.970. The van der Waals surface area contributed by atoms with Crippen LogP contribution in [0.1, 0.15) is 0 Å². The van der Waals surface area contributed by atoms with Gasteiger partial charge in [0.25, 0.3) is 0 Å². The molecule has 0 N–H and O–H groups in total. The zero-order valence-corrected chi connectivity index (χ0v) is 29.5. The van der Waals surface area contributed by atoms with E-state index in [9.17, 15) is 0 Å². The molecule has 12 aromatic rings. The molecule has 4 nitrogen and oxygen atoms in total. The fraction of sp³-hybridized carbons (Fsp3) is 0. The molecule has 0 saturated carbocycles. The summed E-state index contributed by atoms with van der Waals surface area (Å²) in [6, 6.07) is 58.4. The molecule has 4 heterocycles. The molecule has 4 heteroatoms. The maximum atomic E-state index is 6.56. The van der Waals surface area contributed by atoms with Crippen LogP contribution in [0.4, 0.5) is 0 Å². The third-order valence-corrected chi connectivity index (χ3v) is 11.3. The fourth-order valence-electron chi connectivity index (χ4n) is 8.72. The van der Waals surface area contributed by atoms with Crippen LogP contribution in [0.5, 0.6) is 0 Å². The second kappa shape index (κ2) is 11.5. The van der Waals surface area contributed by atoms with Crippen LogP contribution >= 0.6 is 0 Å². The summed E-state index contributed by atoms with van der Waals surface area (Å²) in [5.41, 5.74) is 11.3. The van der Waals surface area contributed by atoms with Crippen molar-refractivity contribution in [3.05, 3.63) is 176 Å². The average Bonchev–Trinajstić information content (AvgIpc) is 3.64. The van der Waals surface area contributed by atoms with E-state index in [2.05, 4.69) is 145 Å². The minimum atomic E-state index is 0.896. The fourth-order valence-corrected chi connectivity index (χ4v) is 8.72. The van der Waals surface area contributed by atoms with Crippen LogP contribution in [0.25, 0.3) is 120 Å². The molecular formula is C51H29N3O. The Hall–Kier alpha value is -7.43. The van der Waals surface area contributed by atoms with E-state index in [1.807, 2.05) is 36.7 Å². The first-order chi connectivity index (χ1) is 27.2. The van der Waals surface area contributed by atoms with E-state index in [-0.39, 0.29) is 0 Å². The average molecular weight is 700 g/mol. The molecule has 0 radical (unpaired) electrons. The molecule has 0 atom stereocenters. The first kappa shape index (κ1) is 30.1. The number of para-hydroxylation sites is 2. The number of aromatic nitrogens is 3. The molecule has 254 valence electrons. The van der Waals surface area contributed by atoms with E-state index >= 15 is 0 Å². The van der Waals surface area contributed by atoms with Gasteiger partial charge in [-0.25, -0.2) is 4.98 Å². The summed E-state index contributed by atoms with van der Waals surface area (Å²) < 4.78 is 6.56. The van der Waals surface area contributed by atoms with Gasteiger partial charge in [0, 0.05) is 55.7 Å². The number of hydrogen-bond acceptors (Lipinski definition) is 4. The highest BCUT2D eigenvalue weighted by Crippen LogP contribution is 2.42. The number of nitrogens with zero attached hydrogens (tertiary/aromatic N) is 3. The van der Waals surface area contributed by atoms with E-state index in [0.717, 1.165) is 87.8 Å². The second-order valence-corrected chi connectivity index (χ2v) is 14.4. The van der Waals surface area contributed by atoms with Crippen molar-refractivity contribution in [1.82, 2.24) is 15.0 Å². The molecule has 0 amide bonds. The predicted octanol–water partition coefficient (Wildman–Crippen LogP) is 13.7. The zero-order chi connectivity index (χ0) is 36.0. The highest BCUT2D eigenvalue weighted by Gasteiger charge is 2.18. The largest absolute Gasteiger partial charge is 0.455 e. The smallest absolute Gasteiger partial charge is 0.144 e. The van der Waals surface area contributed by atoms with Gasteiger partial charge >= 0.3 is 0 Å². The van der Waals surface area contributed by atoms with E-state index < -0.39 is 0 Å². The third-order valence-electron chi connectivity index (χ3n) is 11.3. The Kier molecular flexibility index (Phi) is 6.31. The van der Waals surface area contributed by atoms with Crippen molar-refractivity contribution < 1.29 is 4.42 Å². The van der Waals surface area contributed by atoms with Crippen LogP contribution in [0.15, 0.2) is 181 Å². The summed E-state index contributed by atoms with van der Waals surface area (Å²) in [5, 5.41) is 12.6. The SMILES string of the molecule is c1cc(-c2ccc3c(ccc4cc(-c5cc6cccnc6c6ncccc56)ccc43)c2)cc(-c2nc3ccccc3c3c2ccc2c4ccccc4oc23)c1. The lowest BCUT2D eigenvalue weighted by molar-refractivity contribution is 0.673.